The smallest absolute Gasteiger partial charge is 0.287 e. The third kappa shape index (κ3) is 4.58. The number of unbranched alkanes of at least 4 members (excludes halogenated alkanes) is 2. The molecule has 1 amide bonds. The predicted octanol–water partition coefficient (Wildman–Crippen LogP) is 3.22. The van der Waals surface area contributed by atoms with Gasteiger partial charge in [-0.2, -0.15) is 0 Å². The minimum atomic E-state index is -0.477. The zero-order chi connectivity index (χ0) is 23.5. The van der Waals surface area contributed by atoms with E-state index in [1.54, 1.807) is 21.9 Å². The van der Waals surface area contributed by atoms with Gasteiger partial charge in [-0.05, 0) is 25.0 Å². The Kier molecular flexibility index (Phi) is 6.68. The molecule has 1 fully saturated rings. The molecule has 4 heterocycles. The molecule has 0 aliphatic carbocycles. The number of thiophene rings is 1. The summed E-state index contributed by atoms with van der Waals surface area (Å²) < 4.78 is 1.64. The van der Waals surface area contributed by atoms with Gasteiger partial charge >= 0.3 is 0 Å². The van der Waals surface area contributed by atoms with E-state index in [4.69, 9.17) is 0 Å². The molecule has 4 rings (SSSR count). The zero-order valence-electron chi connectivity index (χ0n) is 18.7. The fourth-order valence-electron chi connectivity index (χ4n) is 4.01. The highest BCUT2D eigenvalue weighted by Gasteiger charge is 2.27. The third-order valence-corrected chi connectivity index (χ3v) is 7.14. The van der Waals surface area contributed by atoms with Gasteiger partial charge in [0.25, 0.3) is 17.2 Å². The second kappa shape index (κ2) is 9.65. The summed E-state index contributed by atoms with van der Waals surface area (Å²) in [5, 5.41) is 11.4. The summed E-state index contributed by atoms with van der Waals surface area (Å²) >= 11 is 1.27. The molecular formula is C22H26N6O4S. The number of nitro groups is 1. The van der Waals surface area contributed by atoms with Crippen molar-refractivity contribution in [2.45, 2.75) is 39.7 Å². The number of carbonyl (C=O) groups is 1. The first-order chi connectivity index (χ1) is 15.9. The Labute approximate surface area is 194 Å². The van der Waals surface area contributed by atoms with Crippen LogP contribution in [0.25, 0.3) is 10.2 Å². The second-order valence-electron chi connectivity index (χ2n) is 8.10. The standard InChI is InChI=1S/C22H26N6O4S/c1-3-4-5-8-27-14-24-20-18(21(27)29)15(2)19(33-20)22(30)26-11-9-25(10-12-26)17-7-6-16(13-23-17)28(31)32/h6-7,13-14H,3-5,8-12H2,1-2H3. The number of hydrogen-bond acceptors (Lipinski definition) is 8. The summed E-state index contributed by atoms with van der Waals surface area (Å²) in [6.07, 6.45) is 5.88. The maximum absolute atomic E-state index is 13.3. The van der Waals surface area contributed by atoms with Crippen LogP contribution in [0.3, 0.4) is 0 Å². The monoisotopic (exact) mass is 470 g/mol. The van der Waals surface area contributed by atoms with Gasteiger partial charge in [-0.25, -0.2) is 9.97 Å². The van der Waals surface area contributed by atoms with Gasteiger partial charge in [-0.3, -0.25) is 24.3 Å². The highest BCUT2D eigenvalue weighted by Crippen LogP contribution is 2.28. The fourth-order valence-corrected chi connectivity index (χ4v) is 5.12. The largest absolute Gasteiger partial charge is 0.353 e. The zero-order valence-corrected chi connectivity index (χ0v) is 19.5. The minimum absolute atomic E-state index is 0.0502. The summed E-state index contributed by atoms with van der Waals surface area (Å²) in [7, 11) is 0. The molecule has 1 saturated heterocycles. The van der Waals surface area contributed by atoms with Crippen LogP contribution in [0, 0.1) is 17.0 Å². The molecule has 0 radical (unpaired) electrons. The number of pyridine rings is 1. The van der Waals surface area contributed by atoms with Crippen LogP contribution in [-0.4, -0.2) is 56.4 Å². The van der Waals surface area contributed by atoms with Gasteiger partial charge in [0.15, 0.2) is 0 Å². The first-order valence-corrected chi connectivity index (χ1v) is 11.9. The van der Waals surface area contributed by atoms with Crippen LogP contribution in [0.1, 0.15) is 41.4 Å². The number of amides is 1. The van der Waals surface area contributed by atoms with E-state index in [0.717, 1.165) is 19.3 Å². The van der Waals surface area contributed by atoms with E-state index in [1.807, 2.05) is 11.8 Å². The van der Waals surface area contributed by atoms with E-state index in [1.165, 1.54) is 23.6 Å². The minimum Gasteiger partial charge on any atom is -0.353 e. The number of nitrogens with zero attached hydrogens (tertiary/aromatic N) is 6. The maximum atomic E-state index is 13.3. The Bertz CT molecular complexity index is 1230. The number of carbonyl (C=O) groups excluding carboxylic acids is 1. The quantitative estimate of drug-likeness (QED) is 0.296. The fraction of sp³-hybridized carbons (Fsp3) is 0.455. The lowest BCUT2D eigenvalue weighted by Gasteiger charge is -2.35. The van der Waals surface area contributed by atoms with Gasteiger partial charge in [0.2, 0.25) is 0 Å². The van der Waals surface area contributed by atoms with Crippen molar-refractivity contribution < 1.29 is 9.72 Å². The molecule has 0 saturated carbocycles. The SMILES string of the molecule is CCCCCn1cnc2sc(C(=O)N3CCN(c4ccc([N+](=O)[O-])cn4)CC3)c(C)c2c1=O. The molecular weight excluding hydrogens is 444 g/mol. The lowest BCUT2D eigenvalue weighted by molar-refractivity contribution is -0.385. The second-order valence-corrected chi connectivity index (χ2v) is 9.10. The van der Waals surface area contributed by atoms with E-state index < -0.39 is 4.92 Å². The van der Waals surface area contributed by atoms with E-state index in [-0.39, 0.29) is 17.2 Å². The first-order valence-electron chi connectivity index (χ1n) is 11.0. The van der Waals surface area contributed by atoms with E-state index >= 15 is 0 Å². The highest BCUT2D eigenvalue weighted by molar-refractivity contribution is 7.20. The van der Waals surface area contributed by atoms with Crippen LogP contribution in [0.2, 0.25) is 0 Å². The van der Waals surface area contributed by atoms with Crippen molar-refractivity contribution in [3.63, 3.8) is 0 Å². The number of aromatic nitrogens is 3. The van der Waals surface area contributed by atoms with Crippen molar-refractivity contribution in [3.8, 4) is 0 Å². The molecule has 0 N–H and O–H groups in total. The molecule has 10 nitrogen and oxygen atoms in total. The topological polar surface area (TPSA) is 114 Å². The Balaban J connectivity index is 1.47. The molecule has 0 unspecified atom stereocenters. The molecule has 3 aromatic rings. The van der Waals surface area contributed by atoms with E-state index in [2.05, 4.69) is 16.9 Å². The number of anilines is 1. The molecule has 11 heteroatoms. The maximum Gasteiger partial charge on any atom is 0.287 e. The lowest BCUT2D eigenvalue weighted by atomic mass is 10.2. The van der Waals surface area contributed by atoms with E-state index in [0.29, 0.717) is 59.2 Å². The van der Waals surface area contributed by atoms with Gasteiger partial charge in [-0.15, -0.1) is 11.3 Å². The molecule has 33 heavy (non-hydrogen) atoms. The molecule has 174 valence electrons. The number of rotatable bonds is 7. The average Bonchev–Trinajstić information content (AvgIpc) is 3.17. The van der Waals surface area contributed by atoms with Crippen LogP contribution in [0.5, 0.6) is 0 Å². The van der Waals surface area contributed by atoms with Crippen molar-refractivity contribution in [1.82, 2.24) is 19.4 Å². The Morgan fingerprint density at radius 1 is 1.18 bits per heavy atom. The van der Waals surface area contributed by atoms with Crippen LogP contribution in [0.15, 0.2) is 29.5 Å². The first kappa shape index (κ1) is 22.8. The van der Waals surface area contributed by atoms with Crippen molar-refractivity contribution in [1.29, 1.82) is 0 Å². The summed E-state index contributed by atoms with van der Waals surface area (Å²) in [5.41, 5.74) is 0.561. The lowest BCUT2D eigenvalue weighted by Crippen LogP contribution is -2.49. The average molecular weight is 471 g/mol. The molecule has 1 aliphatic heterocycles. The molecule has 0 spiro atoms. The summed E-state index contributed by atoms with van der Waals surface area (Å²) in [5.74, 6) is 0.558. The normalized spacial score (nSPS) is 14.1. The Hall–Kier alpha value is -3.34. The third-order valence-electron chi connectivity index (χ3n) is 5.95. The molecule has 0 aromatic carbocycles. The highest BCUT2D eigenvalue weighted by atomic mass is 32.1. The molecule has 0 atom stereocenters. The Morgan fingerprint density at radius 3 is 2.58 bits per heavy atom. The summed E-state index contributed by atoms with van der Waals surface area (Å²) in [6.45, 7) is 6.72. The molecule has 3 aromatic heterocycles. The number of hydrogen-bond donors (Lipinski definition) is 0. The number of aryl methyl sites for hydroxylation is 2. The van der Waals surface area contributed by atoms with Crippen molar-refractivity contribution in [2.75, 3.05) is 31.1 Å². The van der Waals surface area contributed by atoms with Crippen molar-refractivity contribution in [2.24, 2.45) is 0 Å². The molecule has 1 aliphatic rings. The summed E-state index contributed by atoms with van der Waals surface area (Å²) in [4.78, 5) is 50.1. The number of fused-ring (bicyclic) bond motifs is 1. The van der Waals surface area contributed by atoms with E-state index in [9.17, 15) is 19.7 Å². The van der Waals surface area contributed by atoms with Crippen LogP contribution < -0.4 is 10.5 Å². The van der Waals surface area contributed by atoms with Crippen molar-refractivity contribution in [3.05, 3.63) is 55.6 Å². The predicted molar refractivity (Wildman–Crippen MR) is 127 cm³/mol. The van der Waals surface area contributed by atoms with Crippen LogP contribution in [-0.2, 0) is 6.54 Å². The van der Waals surface area contributed by atoms with Gasteiger partial charge in [-0.1, -0.05) is 19.8 Å². The Morgan fingerprint density at radius 2 is 1.94 bits per heavy atom. The summed E-state index contributed by atoms with van der Waals surface area (Å²) in [6, 6.07) is 3.06. The van der Waals surface area contributed by atoms with Crippen LogP contribution >= 0.6 is 11.3 Å². The van der Waals surface area contributed by atoms with Gasteiger partial charge in [0.1, 0.15) is 16.8 Å². The van der Waals surface area contributed by atoms with Crippen molar-refractivity contribution >= 4 is 39.0 Å². The van der Waals surface area contributed by atoms with Crippen LogP contribution in [0.4, 0.5) is 11.5 Å². The number of piperazine rings is 1. The van der Waals surface area contributed by atoms with Gasteiger partial charge in [0.05, 0.1) is 21.5 Å². The van der Waals surface area contributed by atoms with Gasteiger partial charge in [0, 0.05) is 38.8 Å². The van der Waals surface area contributed by atoms with Gasteiger partial charge < -0.3 is 9.80 Å². The molecule has 0 bridgehead atoms.